The molecule has 3 aromatic rings. The van der Waals surface area contributed by atoms with E-state index in [1.54, 1.807) is 50.4 Å². The molecule has 0 aliphatic carbocycles. The number of hydrogen-bond acceptors (Lipinski definition) is 8. The lowest BCUT2D eigenvalue weighted by molar-refractivity contribution is -0.133. The molecular weight excluding hydrogens is 462 g/mol. The number of ether oxygens (including phenoxy) is 3. The van der Waals surface area contributed by atoms with Gasteiger partial charge in [-0.05, 0) is 37.6 Å². The Kier molecular flexibility index (Phi) is 6.52. The van der Waals surface area contributed by atoms with Crippen LogP contribution in [0.3, 0.4) is 0 Å². The molecule has 1 aliphatic heterocycles. The topological polar surface area (TPSA) is 112 Å². The Morgan fingerprint density at radius 2 is 1.91 bits per heavy atom. The van der Waals surface area contributed by atoms with Crippen molar-refractivity contribution < 1.29 is 31.8 Å². The lowest BCUT2D eigenvalue weighted by Gasteiger charge is -2.23. The summed E-state index contributed by atoms with van der Waals surface area (Å²) in [7, 11) is -0.0109. The highest BCUT2D eigenvalue weighted by atomic mass is 32.2. The SMILES string of the molecule is COc1ccccc1Oc1c(C)oc2cc(OCC(=O)N(C)[C@@H]3CCS(=O)(=O)C3)ccc2c1=O. The van der Waals surface area contributed by atoms with Crippen LogP contribution in [0.1, 0.15) is 12.2 Å². The van der Waals surface area contributed by atoms with E-state index in [1.807, 2.05) is 0 Å². The molecule has 0 N–H and O–H groups in total. The van der Waals surface area contributed by atoms with Gasteiger partial charge in [-0.1, -0.05) is 12.1 Å². The molecule has 0 saturated carbocycles. The summed E-state index contributed by atoms with van der Waals surface area (Å²) in [4.78, 5) is 26.9. The molecule has 2 aromatic carbocycles. The van der Waals surface area contributed by atoms with Crippen LogP contribution >= 0.6 is 0 Å². The predicted octanol–water partition coefficient (Wildman–Crippen LogP) is 2.93. The quantitative estimate of drug-likeness (QED) is 0.500. The minimum absolute atomic E-state index is 0.0328. The van der Waals surface area contributed by atoms with Crippen molar-refractivity contribution >= 4 is 26.7 Å². The van der Waals surface area contributed by atoms with E-state index in [0.29, 0.717) is 29.1 Å². The second-order valence-electron chi connectivity index (χ2n) is 8.08. The largest absolute Gasteiger partial charge is 0.493 e. The number of likely N-dealkylation sites (N-methyl/N-ethyl adjacent to an activating group) is 1. The van der Waals surface area contributed by atoms with Gasteiger partial charge in [-0.25, -0.2) is 8.42 Å². The van der Waals surface area contributed by atoms with Gasteiger partial charge < -0.3 is 23.5 Å². The Morgan fingerprint density at radius 1 is 1.18 bits per heavy atom. The Morgan fingerprint density at radius 3 is 2.59 bits per heavy atom. The summed E-state index contributed by atoms with van der Waals surface area (Å²) in [6.07, 6.45) is 0.421. The lowest BCUT2D eigenvalue weighted by atomic mass is 10.2. The molecule has 180 valence electrons. The average Bonchev–Trinajstić information content (AvgIpc) is 3.19. The highest BCUT2D eigenvalue weighted by Crippen LogP contribution is 2.32. The second kappa shape index (κ2) is 9.38. The molecule has 1 atom stereocenters. The van der Waals surface area contributed by atoms with Gasteiger partial charge in [0, 0.05) is 19.2 Å². The van der Waals surface area contributed by atoms with Crippen molar-refractivity contribution in [3.63, 3.8) is 0 Å². The standard InChI is InChI=1S/C24H25NO8S/c1-15-24(33-20-7-5-4-6-19(20)30-3)23(27)18-9-8-17(12-21(18)32-15)31-13-22(26)25(2)16-10-11-34(28,29)14-16/h4-9,12,16H,10-11,13-14H2,1-3H3/t16-/m1/s1. The smallest absolute Gasteiger partial charge is 0.260 e. The number of hydrogen-bond donors (Lipinski definition) is 0. The van der Waals surface area contributed by atoms with E-state index < -0.39 is 9.84 Å². The van der Waals surface area contributed by atoms with Gasteiger partial charge in [-0.3, -0.25) is 9.59 Å². The Bertz CT molecular complexity index is 1400. The fraction of sp³-hybridized carbons (Fsp3) is 0.333. The first kappa shape index (κ1) is 23.6. The van der Waals surface area contributed by atoms with Gasteiger partial charge in [0.1, 0.15) is 17.1 Å². The molecule has 0 unspecified atom stereocenters. The molecule has 1 amide bonds. The number of methoxy groups -OCH3 is 1. The summed E-state index contributed by atoms with van der Waals surface area (Å²) in [6.45, 7) is 1.35. The maximum Gasteiger partial charge on any atom is 0.260 e. The normalized spacial score (nSPS) is 16.9. The van der Waals surface area contributed by atoms with Crippen LogP contribution in [0.25, 0.3) is 11.0 Å². The highest BCUT2D eigenvalue weighted by molar-refractivity contribution is 7.91. The van der Waals surface area contributed by atoms with Gasteiger partial charge in [-0.2, -0.15) is 0 Å². The molecule has 0 radical (unpaired) electrons. The van der Waals surface area contributed by atoms with Crippen LogP contribution < -0.4 is 19.6 Å². The minimum Gasteiger partial charge on any atom is -0.493 e. The first-order valence-corrected chi connectivity index (χ1v) is 12.5. The number of benzene rings is 2. The van der Waals surface area contributed by atoms with Crippen LogP contribution in [-0.4, -0.2) is 57.5 Å². The first-order valence-electron chi connectivity index (χ1n) is 10.7. The van der Waals surface area contributed by atoms with Crippen LogP contribution in [0, 0.1) is 6.92 Å². The number of aryl methyl sites for hydroxylation is 1. The zero-order chi connectivity index (χ0) is 24.5. The summed E-state index contributed by atoms with van der Waals surface area (Å²) in [5.41, 5.74) is -0.0653. The van der Waals surface area contributed by atoms with Crippen LogP contribution in [0.2, 0.25) is 0 Å². The van der Waals surface area contributed by atoms with Gasteiger partial charge in [0.2, 0.25) is 11.2 Å². The zero-order valence-corrected chi connectivity index (χ0v) is 19.9. The van der Waals surface area contributed by atoms with E-state index in [2.05, 4.69) is 0 Å². The Balaban J connectivity index is 1.50. The molecule has 2 heterocycles. The summed E-state index contributed by atoms with van der Waals surface area (Å²) in [5, 5.41) is 0.294. The third kappa shape index (κ3) is 4.86. The maximum atomic E-state index is 13.0. The number of rotatable bonds is 7. The highest BCUT2D eigenvalue weighted by Gasteiger charge is 2.32. The fourth-order valence-electron chi connectivity index (χ4n) is 3.82. The van der Waals surface area contributed by atoms with E-state index in [9.17, 15) is 18.0 Å². The molecule has 34 heavy (non-hydrogen) atoms. The predicted molar refractivity (Wildman–Crippen MR) is 126 cm³/mol. The Labute approximate surface area is 196 Å². The lowest BCUT2D eigenvalue weighted by Crippen LogP contribution is -2.40. The van der Waals surface area contributed by atoms with E-state index in [-0.39, 0.29) is 52.6 Å². The molecule has 1 aromatic heterocycles. The van der Waals surface area contributed by atoms with E-state index >= 15 is 0 Å². The van der Waals surface area contributed by atoms with Crippen molar-refractivity contribution in [1.82, 2.24) is 4.90 Å². The van der Waals surface area contributed by atoms with Crippen molar-refractivity contribution in [2.75, 3.05) is 32.3 Å². The monoisotopic (exact) mass is 487 g/mol. The van der Waals surface area contributed by atoms with E-state index in [1.165, 1.54) is 18.1 Å². The van der Waals surface area contributed by atoms with Crippen LogP contribution in [0.15, 0.2) is 51.7 Å². The Hall–Kier alpha value is -3.53. The number of fused-ring (bicyclic) bond motifs is 1. The molecule has 1 saturated heterocycles. The van der Waals surface area contributed by atoms with E-state index in [0.717, 1.165) is 0 Å². The molecule has 9 nitrogen and oxygen atoms in total. The van der Waals surface area contributed by atoms with Gasteiger partial charge in [0.25, 0.3) is 5.91 Å². The summed E-state index contributed by atoms with van der Waals surface area (Å²) < 4.78 is 45.8. The molecule has 0 bridgehead atoms. The van der Waals surface area contributed by atoms with Crippen molar-refractivity contribution in [2.24, 2.45) is 0 Å². The minimum atomic E-state index is -3.10. The third-order valence-electron chi connectivity index (χ3n) is 5.78. The number of carbonyl (C=O) groups is 1. The summed E-state index contributed by atoms with van der Waals surface area (Å²) >= 11 is 0. The third-order valence-corrected chi connectivity index (χ3v) is 7.53. The van der Waals surface area contributed by atoms with Gasteiger partial charge in [0.05, 0.1) is 24.0 Å². The fourth-order valence-corrected chi connectivity index (χ4v) is 5.59. The van der Waals surface area contributed by atoms with Crippen LogP contribution in [0.4, 0.5) is 0 Å². The van der Waals surface area contributed by atoms with Crippen molar-refractivity contribution in [3.05, 3.63) is 58.4 Å². The van der Waals surface area contributed by atoms with Crippen molar-refractivity contribution in [2.45, 2.75) is 19.4 Å². The van der Waals surface area contributed by atoms with Gasteiger partial charge >= 0.3 is 0 Å². The number of nitrogens with zero attached hydrogens (tertiary/aromatic N) is 1. The number of carbonyl (C=O) groups excluding carboxylic acids is 1. The zero-order valence-electron chi connectivity index (χ0n) is 19.1. The van der Waals surface area contributed by atoms with Crippen molar-refractivity contribution in [3.8, 4) is 23.0 Å². The molecule has 4 rings (SSSR count). The number of amides is 1. The molecule has 1 aliphatic rings. The maximum absolute atomic E-state index is 13.0. The van der Waals surface area contributed by atoms with Crippen molar-refractivity contribution in [1.29, 1.82) is 0 Å². The molecule has 0 spiro atoms. The average molecular weight is 488 g/mol. The molecule has 10 heteroatoms. The summed E-state index contributed by atoms with van der Waals surface area (Å²) in [5.74, 6) is 1.26. The van der Waals surface area contributed by atoms with Crippen LogP contribution in [-0.2, 0) is 14.6 Å². The molecular formula is C24H25NO8S. The van der Waals surface area contributed by atoms with Gasteiger partial charge in [-0.15, -0.1) is 0 Å². The van der Waals surface area contributed by atoms with Crippen LogP contribution in [0.5, 0.6) is 23.0 Å². The number of para-hydroxylation sites is 2. The molecule has 1 fully saturated rings. The van der Waals surface area contributed by atoms with Gasteiger partial charge in [0.15, 0.2) is 27.9 Å². The second-order valence-corrected chi connectivity index (χ2v) is 10.3. The number of sulfone groups is 1. The van der Waals surface area contributed by atoms with E-state index in [4.69, 9.17) is 18.6 Å². The summed E-state index contributed by atoms with van der Waals surface area (Å²) in [6, 6.07) is 11.3. The first-order chi connectivity index (χ1) is 16.2.